The normalized spacial score (nSPS) is 15.9. The number of rotatable bonds is 8. The van der Waals surface area contributed by atoms with Gasteiger partial charge in [0.2, 0.25) is 5.91 Å². The zero-order valence-corrected chi connectivity index (χ0v) is 16.7. The molecule has 1 aromatic carbocycles. The van der Waals surface area contributed by atoms with Gasteiger partial charge in [-0.1, -0.05) is 25.1 Å². The summed E-state index contributed by atoms with van der Waals surface area (Å²) in [4.78, 5) is 30.1. The number of carbonyl (C=O) groups excluding carboxylic acids is 1. The summed E-state index contributed by atoms with van der Waals surface area (Å²) in [5.41, 5.74) is 2.90. The van der Waals surface area contributed by atoms with E-state index in [1.165, 1.54) is 16.9 Å². The van der Waals surface area contributed by atoms with Crippen molar-refractivity contribution in [3.05, 3.63) is 40.9 Å². The quantitative estimate of drug-likeness (QED) is 0.702. The van der Waals surface area contributed by atoms with Crippen molar-refractivity contribution in [3.8, 4) is 10.6 Å². The molecule has 3 rings (SSSR count). The molecular formula is C20H25N3O4S. The van der Waals surface area contributed by atoms with Crippen LogP contribution in [0.3, 0.4) is 0 Å². The number of nitrogens with one attached hydrogen (secondary N) is 1. The van der Waals surface area contributed by atoms with Crippen LogP contribution in [-0.4, -0.2) is 59.2 Å². The highest BCUT2D eigenvalue weighted by Gasteiger charge is 2.18. The zero-order chi connectivity index (χ0) is 19.9. The first kappa shape index (κ1) is 20.4. The van der Waals surface area contributed by atoms with E-state index in [9.17, 15) is 9.59 Å². The fourth-order valence-corrected chi connectivity index (χ4v) is 3.91. The van der Waals surface area contributed by atoms with Crippen molar-refractivity contribution in [2.24, 2.45) is 0 Å². The van der Waals surface area contributed by atoms with Gasteiger partial charge in [-0.05, 0) is 18.1 Å². The number of carbonyl (C=O) groups is 2. The van der Waals surface area contributed by atoms with Gasteiger partial charge in [-0.3, -0.25) is 9.69 Å². The van der Waals surface area contributed by atoms with Gasteiger partial charge in [0.25, 0.3) is 0 Å². The Morgan fingerprint density at radius 2 is 2.14 bits per heavy atom. The highest BCUT2D eigenvalue weighted by Crippen LogP contribution is 2.25. The van der Waals surface area contributed by atoms with Gasteiger partial charge in [-0.25, -0.2) is 9.78 Å². The molecule has 28 heavy (non-hydrogen) atoms. The number of ether oxygens (including phenoxy) is 1. The van der Waals surface area contributed by atoms with Crippen LogP contribution in [-0.2, 0) is 27.3 Å². The first-order valence-corrected chi connectivity index (χ1v) is 10.3. The van der Waals surface area contributed by atoms with Crippen LogP contribution in [0.25, 0.3) is 10.6 Å². The molecule has 0 bridgehead atoms. The lowest BCUT2D eigenvalue weighted by molar-refractivity contribution is -0.141. The Morgan fingerprint density at radius 1 is 1.36 bits per heavy atom. The average molecular weight is 404 g/mol. The van der Waals surface area contributed by atoms with Gasteiger partial charge in [0, 0.05) is 30.6 Å². The molecule has 0 aliphatic carbocycles. The molecule has 2 heterocycles. The molecule has 1 aromatic heterocycles. The number of hydrogen-bond donors (Lipinski definition) is 2. The zero-order valence-electron chi connectivity index (χ0n) is 15.9. The van der Waals surface area contributed by atoms with Gasteiger partial charge in [0.05, 0.1) is 25.3 Å². The second-order valence-electron chi connectivity index (χ2n) is 6.78. The van der Waals surface area contributed by atoms with E-state index in [0.29, 0.717) is 12.1 Å². The van der Waals surface area contributed by atoms with Crippen LogP contribution < -0.4 is 5.32 Å². The van der Waals surface area contributed by atoms with E-state index in [1.54, 1.807) is 6.92 Å². The van der Waals surface area contributed by atoms with Gasteiger partial charge in [-0.15, -0.1) is 11.3 Å². The molecule has 2 N–H and O–H groups in total. The van der Waals surface area contributed by atoms with Crippen molar-refractivity contribution in [1.82, 2.24) is 15.2 Å². The molecule has 1 atom stereocenters. The number of carboxylic acids is 1. The summed E-state index contributed by atoms with van der Waals surface area (Å²) in [6.07, 6.45) is 0.424. The Bertz CT molecular complexity index is 817. The lowest BCUT2D eigenvalue weighted by Crippen LogP contribution is -2.41. The number of aliphatic carboxylic acids is 1. The highest BCUT2D eigenvalue weighted by molar-refractivity contribution is 7.13. The fraction of sp³-hybridized carbons (Fsp3) is 0.450. The maximum Gasteiger partial charge on any atom is 0.326 e. The van der Waals surface area contributed by atoms with Gasteiger partial charge >= 0.3 is 5.97 Å². The Kier molecular flexibility index (Phi) is 7.13. The molecule has 1 aliphatic heterocycles. The van der Waals surface area contributed by atoms with Crippen LogP contribution in [0.1, 0.15) is 24.6 Å². The lowest BCUT2D eigenvalue weighted by atomic mass is 10.1. The number of morpholine rings is 1. The lowest BCUT2D eigenvalue weighted by Gasteiger charge is -2.26. The van der Waals surface area contributed by atoms with Crippen molar-refractivity contribution >= 4 is 23.2 Å². The number of aromatic nitrogens is 1. The standard InChI is InChI=1S/C20H25N3O4S/c1-2-17(20(25)26)22-18(24)11-16-13-28-19(21-16)15-5-3-4-14(10-15)12-23-6-8-27-9-7-23/h3-5,10,13,17H,2,6-9,11-12H2,1H3,(H,22,24)(H,25,26). The third-order valence-electron chi connectivity index (χ3n) is 4.62. The maximum absolute atomic E-state index is 12.1. The molecule has 0 saturated carbocycles. The summed E-state index contributed by atoms with van der Waals surface area (Å²) in [5, 5.41) is 14.3. The summed E-state index contributed by atoms with van der Waals surface area (Å²) < 4.78 is 5.39. The minimum Gasteiger partial charge on any atom is -0.480 e. The Balaban J connectivity index is 1.62. The van der Waals surface area contributed by atoms with Gasteiger partial charge in [0.1, 0.15) is 11.0 Å². The molecular weight excluding hydrogens is 378 g/mol. The smallest absolute Gasteiger partial charge is 0.326 e. The maximum atomic E-state index is 12.1. The van der Waals surface area contributed by atoms with Crippen LogP contribution in [0.5, 0.6) is 0 Å². The SMILES string of the molecule is CCC(NC(=O)Cc1csc(-c2cccc(CN3CCOCC3)c2)n1)C(=O)O. The Morgan fingerprint density at radius 3 is 2.86 bits per heavy atom. The van der Waals surface area contributed by atoms with Gasteiger partial charge in [-0.2, -0.15) is 0 Å². The molecule has 150 valence electrons. The number of thiazole rings is 1. The molecule has 1 unspecified atom stereocenters. The van der Waals surface area contributed by atoms with E-state index < -0.39 is 12.0 Å². The van der Waals surface area contributed by atoms with Gasteiger partial charge in [0.15, 0.2) is 0 Å². The van der Waals surface area contributed by atoms with Crippen LogP contribution in [0.15, 0.2) is 29.6 Å². The number of hydrogen-bond acceptors (Lipinski definition) is 6. The second-order valence-corrected chi connectivity index (χ2v) is 7.63. The minimum atomic E-state index is -1.02. The Hall–Kier alpha value is -2.29. The predicted octanol–water partition coefficient (Wildman–Crippen LogP) is 2.16. The minimum absolute atomic E-state index is 0.0771. The fourth-order valence-electron chi connectivity index (χ4n) is 3.09. The van der Waals surface area contributed by atoms with Crippen LogP contribution in [0.2, 0.25) is 0 Å². The average Bonchev–Trinajstić information content (AvgIpc) is 3.15. The summed E-state index contributed by atoms with van der Waals surface area (Å²) in [6, 6.07) is 7.43. The molecule has 1 saturated heterocycles. The molecule has 1 aliphatic rings. The number of benzene rings is 1. The van der Waals surface area contributed by atoms with Crippen molar-refractivity contribution in [2.45, 2.75) is 32.4 Å². The van der Waals surface area contributed by atoms with Crippen molar-refractivity contribution < 1.29 is 19.4 Å². The monoisotopic (exact) mass is 403 g/mol. The second kappa shape index (κ2) is 9.77. The van der Waals surface area contributed by atoms with Crippen molar-refractivity contribution in [2.75, 3.05) is 26.3 Å². The first-order valence-electron chi connectivity index (χ1n) is 9.41. The molecule has 1 fully saturated rings. The number of nitrogens with zero attached hydrogens (tertiary/aromatic N) is 2. The summed E-state index contributed by atoms with van der Waals surface area (Å²) in [7, 11) is 0. The third kappa shape index (κ3) is 5.60. The van der Waals surface area contributed by atoms with E-state index in [1.807, 2.05) is 17.5 Å². The number of carboxylic acid groups (broad SMARTS) is 1. The molecule has 2 aromatic rings. The summed E-state index contributed by atoms with van der Waals surface area (Å²) in [6.45, 7) is 6.04. The van der Waals surface area contributed by atoms with E-state index in [4.69, 9.17) is 9.84 Å². The van der Waals surface area contributed by atoms with E-state index in [0.717, 1.165) is 43.4 Å². The Labute approximate surface area is 168 Å². The number of amides is 1. The van der Waals surface area contributed by atoms with E-state index >= 15 is 0 Å². The summed E-state index contributed by atoms with van der Waals surface area (Å²) >= 11 is 1.49. The van der Waals surface area contributed by atoms with Crippen LogP contribution in [0, 0.1) is 0 Å². The van der Waals surface area contributed by atoms with E-state index in [2.05, 4.69) is 27.3 Å². The van der Waals surface area contributed by atoms with Gasteiger partial charge < -0.3 is 15.2 Å². The predicted molar refractivity (Wildman–Crippen MR) is 107 cm³/mol. The summed E-state index contributed by atoms with van der Waals surface area (Å²) in [5.74, 6) is -1.35. The third-order valence-corrected chi connectivity index (χ3v) is 5.56. The molecule has 8 heteroatoms. The molecule has 1 amide bonds. The highest BCUT2D eigenvalue weighted by atomic mass is 32.1. The molecule has 7 nitrogen and oxygen atoms in total. The van der Waals surface area contributed by atoms with Crippen LogP contribution in [0.4, 0.5) is 0 Å². The molecule has 0 spiro atoms. The largest absolute Gasteiger partial charge is 0.480 e. The first-order chi connectivity index (χ1) is 13.5. The van der Waals surface area contributed by atoms with E-state index in [-0.39, 0.29) is 12.3 Å². The van der Waals surface area contributed by atoms with Crippen molar-refractivity contribution in [3.63, 3.8) is 0 Å². The van der Waals surface area contributed by atoms with Crippen LogP contribution >= 0.6 is 11.3 Å². The van der Waals surface area contributed by atoms with Crippen molar-refractivity contribution in [1.29, 1.82) is 0 Å². The topological polar surface area (TPSA) is 91.8 Å². The molecule has 0 radical (unpaired) electrons.